The Bertz CT molecular complexity index is 815. The van der Waals surface area contributed by atoms with E-state index >= 15 is 0 Å². The van der Waals surface area contributed by atoms with Crippen LogP contribution in [0.15, 0.2) is 54.7 Å². The number of imide groups is 1. The fraction of sp³-hybridized carbons (Fsp3) is 0.158. The van der Waals surface area contributed by atoms with Crippen molar-refractivity contribution in [2.75, 3.05) is 5.32 Å². The Morgan fingerprint density at radius 3 is 2.52 bits per heavy atom. The van der Waals surface area contributed by atoms with E-state index in [1.807, 2.05) is 6.07 Å². The molecule has 1 fully saturated rings. The molecule has 0 unspecified atom stereocenters. The number of nitrogens with one attached hydrogen (secondary N) is 1. The summed E-state index contributed by atoms with van der Waals surface area (Å²) in [6, 6.07) is 12.6. The van der Waals surface area contributed by atoms with Crippen LogP contribution >= 0.6 is 0 Å². The number of anilines is 1. The standard InChI is InChI=1S/C19H17N3O3/c23-17(9-8-15-6-3-4-12-20-15)21-16-7-2-1-5-14(16)13-22-18(24)10-11-19(22)25/h1-9,12H,10-11,13H2,(H,21,23)/b9-8+. The number of rotatable bonds is 5. The van der Waals surface area contributed by atoms with Gasteiger partial charge >= 0.3 is 0 Å². The van der Waals surface area contributed by atoms with Gasteiger partial charge in [-0.1, -0.05) is 24.3 Å². The summed E-state index contributed by atoms with van der Waals surface area (Å²) in [6.45, 7) is 0.165. The van der Waals surface area contributed by atoms with E-state index < -0.39 is 0 Å². The summed E-state index contributed by atoms with van der Waals surface area (Å²) in [5.41, 5.74) is 1.97. The van der Waals surface area contributed by atoms with Gasteiger partial charge in [-0.25, -0.2) is 0 Å². The molecule has 1 aromatic heterocycles. The third kappa shape index (κ3) is 4.17. The van der Waals surface area contributed by atoms with Crippen LogP contribution in [-0.4, -0.2) is 27.6 Å². The van der Waals surface area contributed by atoms with Crippen molar-refractivity contribution in [2.24, 2.45) is 0 Å². The van der Waals surface area contributed by atoms with Gasteiger partial charge in [-0.3, -0.25) is 24.3 Å². The van der Waals surface area contributed by atoms with Gasteiger partial charge in [0.2, 0.25) is 17.7 Å². The highest BCUT2D eigenvalue weighted by Crippen LogP contribution is 2.21. The second kappa shape index (κ2) is 7.53. The van der Waals surface area contributed by atoms with Crippen LogP contribution in [0.4, 0.5) is 5.69 Å². The van der Waals surface area contributed by atoms with Crippen molar-refractivity contribution in [3.63, 3.8) is 0 Å². The molecule has 0 bridgehead atoms. The van der Waals surface area contributed by atoms with E-state index in [-0.39, 0.29) is 37.1 Å². The Labute approximate surface area is 145 Å². The van der Waals surface area contributed by atoms with Gasteiger partial charge in [-0.15, -0.1) is 0 Å². The summed E-state index contributed by atoms with van der Waals surface area (Å²) >= 11 is 0. The van der Waals surface area contributed by atoms with Crippen molar-refractivity contribution < 1.29 is 14.4 Å². The SMILES string of the molecule is O=C(/C=C/c1ccccn1)Nc1ccccc1CN1C(=O)CCC1=O. The summed E-state index contributed by atoms with van der Waals surface area (Å²) in [5, 5.41) is 2.78. The molecule has 0 radical (unpaired) electrons. The van der Waals surface area contributed by atoms with Crippen molar-refractivity contribution >= 4 is 29.5 Å². The minimum atomic E-state index is -0.308. The maximum absolute atomic E-state index is 12.1. The minimum absolute atomic E-state index is 0.165. The summed E-state index contributed by atoms with van der Waals surface area (Å²) in [7, 11) is 0. The molecule has 0 saturated carbocycles. The van der Waals surface area contributed by atoms with Crippen LogP contribution in [0.5, 0.6) is 0 Å². The number of pyridine rings is 1. The maximum Gasteiger partial charge on any atom is 0.248 e. The molecule has 3 amide bonds. The van der Waals surface area contributed by atoms with Gasteiger partial charge in [-0.2, -0.15) is 0 Å². The van der Waals surface area contributed by atoms with Crippen molar-refractivity contribution in [1.82, 2.24) is 9.88 Å². The van der Waals surface area contributed by atoms with E-state index in [4.69, 9.17) is 0 Å². The van der Waals surface area contributed by atoms with Crippen molar-refractivity contribution in [1.29, 1.82) is 0 Å². The highest BCUT2D eigenvalue weighted by atomic mass is 16.2. The molecule has 1 aliphatic rings. The quantitative estimate of drug-likeness (QED) is 0.672. The Kier molecular flexibility index (Phi) is 4.99. The van der Waals surface area contributed by atoms with Gasteiger partial charge in [0.15, 0.2) is 0 Å². The molecule has 0 atom stereocenters. The molecule has 2 heterocycles. The third-order valence-electron chi connectivity index (χ3n) is 3.85. The number of aromatic nitrogens is 1. The number of amides is 3. The topological polar surface area (TPSA) is 79.4 Å². The number of hydrogen-bond acceptors (Lipinski definition) is 4. The Hall–Kier alpha value is -3.28. The van der Waals surface area contributed by atoms with E-state index in [1.54, 1.807) is 48.7 Å². The van der Waals surface area contributed by atoms with E-state index in [0.717, 1.165) is 0 Å². The van der Waals surface area contributed by atoms with Crippen LogP contribution in [0.1, 0.15) is 24.1 Å². The van der Waals surface area contributed by atoms with E-state index in [0.29, 0.717) is 16.9 Å². The first kappa shape index (κ1) is 16.6. The van der Waals surface area contributed by atoms with Crippen molar-refractivity contribution in [2.45, 2.75) is 19.4 Å². The van der Waals surface area contributed by atoms with Crippen LogP contribution < -0.4 is 5.32 Å². The Morgan fingerprint density at radius 2 is 1.80 bits per heavy atom. The Morgan fingerprint density at radius 1 is 1.08 bits per heavy atom. The molecule has 1 aromatic carbocycles. The predicted molar refractivity (Wildman–Crippen MR) is 93.1 cm³/mol. The van der Waals surface area contributed by atoms with Gasteiger partial charge in [0.05, 0.1) is 12.2 Å². The molecule has 1 saturated heterocycles. The average Bonchev–Trinajstić information content (AvgIpc) is 2.94. The van der Waals surface area contributed by atoms with Gasteiger partial charge in [-0.05, 0) is 29.8 Å². The molecule has 0 aliphatic carbocycles. The number of carbonyl (C=O) groups excluding carboxylic acids is 3. The second-order valence-corrected chi connectivity index (χ2v) is 5.61. The highest BCUT2D eigenvalue weighted by Gasteiger charge is 2.29. The highest BCUT2D eigenvalue weighted by molar-refractivity contribution is 6.03. The Balaban J connectivity index is 1.70. The molecular weight excluding hydrogens is 318 g/mol. The van der Waals surface area contributed by atoms with E-state index in [9.17, 15) is 14.4 Å². The fourth-order valence-corrected chi connectivity index (χ4v) is 2.56. The zero-order valence-corrected chi connectivity index (χ0v) is 13.5. The summed E-state index contributed by atoms with van der Waals surface area (Å²) < 4.78 is 0. The lowest BCUT2D eigenvalue weighted by atomic mass is 10.1. The zero-order valence-electron chi connectivity index (χ0n) is 13.5. The molecule has 6 nitrogen and oxygen atoms in total. The lowest BCUT2D eigenvalue weighted by molar-refractivity contribution is -0.139. The van der Waals surface area contributed by atoms with E-state index in [1.165, 1.54) is 11.0 Å². The largest absolute Gasteiger partial charge is 0.322 e. The number of nitrogens with zero attached hydrogens (tertiary/aromatic N) is 2. The lowest BCUT2D eigenvalue weighted by Crippen LogP contribution is -2.28. The molecule has 3 rings (SSSR count). The molecule has 126 valence electrons. The number of hydrogen-bond donors (Lipinski definition) is 1. The van der Waals surface area contributed by atoms with Gasteiger partial charge < -0.3 is 5.32 Å². The number of benzene rings is 1. The zero-order chi connectivity index (χ0) is 17.6. The summed E-state index contributed by atoms with van der Waals surface area (Å²) in [6.07, 6.45) is 5.16. The smallest absolute Gasteiger partial charge is 0.248 e. The molecule has 2 aromatic rings. The third-order valence-corrected chi connectivity index (χ3v) is 3.85. The molecule has 6 heteroatoms. The minimum Gasteiger partial charge on any atom is -0.322 e. The second-order valence-electron chi connectivity index (χ2n) is 5.61. The van der Waals surface area contributed by atoms with Gasteiger partial charge in [0.25, 0.3) is 0 Å². The van der Waals surface area contributed by atoms with Crippen LogP contribution in [0.3, 0.4) is 0 Å². The van der Waals surface area contributed by atoms with Crippen LogP contribution in [0, 0.1) is 0 Å². The normalized spacial score (nSPS) is 14.3. The first-order valence-electron chi connectivity index (χ1n) is 7.94. The average molecular weight is 335 g/mol. The summed E-state index contributed by atoms with van der Waals surface area (Å²) in [5.74, 6) is -0.667. The monoisotopic (exact) mass is 335 g/mol. The molecule has 1 aliphatic heterocycles. The molecule has 0 spiro atoms. The van der Waals surface area contributed by atoms with Crippen LogP contribution in [0.2, 0.25) is 0 Å². The molecular formula is C19H17N3O3. The maximum atomic E-state index is 12.1. The van der Waals surface area contributed by atoms with Gasteiger partial charge in [0.1, 0.15) is 0 Å². The predicted octanol–water partition coefficient (Wildman–Crippen LogP) is 2.38. The lowest BCUT2D eigenvalue weighted by Gasteiger charge is -2.16. The van der Waals surface area contributed by atoms with Crippen molar-refractivity contribution in [3.8, 4) is 0 Å². The van der Waals surface area contributed by atoms with E-state index in [2.05, 4.69) is 10.3 Å². The van der Waals surface area contributed by atoms with Crippen molar-refractivity contribution in [3.05, 3.63) is 66.0 Å². The summed E-state index contributed by atoms with van der Waals surface area (Å²) in [4.78, 5) is 41.0. The first-order valence-corrected chi connectivity index (χ1v) is 7.94. The van der Waals surface area contributed by atoms with Crippen LogP contribution in [-0.2, 0) is 20.9 Å². The number of para-hydroxylation sites is 1. The number of carbonyl (C=O) groups is 3. The molecule has 25 heavy (non-hydrogen) atoms. The fourth-order valence-electron chi connectivity index (χ4n) is 2.56. The van der Waals surface area contributed by atoms with Gasteiger partial charge in [0, 0.05) is 30.8 Å². The first-order chi connectivity index (χ1) is 12.1. The van der Waals surface area contributed by atoms with Crippen LogP contribution in [0.25, 0.3) is 6.08 Å². The number of likely N-dealkylation sites (tertiary alicyclic amines) is 1. The molecule has 1 N–H and O–H groups in total.